The number of hydrogen-bond donors (Lipinski definition) is 0. The van der Waals surface area contributed by atoms with E-state index in [1.165, 1.54) is 0 Å². The van der Waals surface area contributed by atoms with E-state index in [2.05, 4.69) is 31.9 Å². The first-order valence-corrected chi connectivity index (χ1v) is 9.61. The maximum Gasteiger partial charge on any atom is 0.347 e. The number of hydrogen-bond acceptors (Lipinski definition) is 2. The molecule has 0 amide bonds. The van der Waals surface area contributed by atoms with E-state index in [1.807, 2.05) is 6.92 Å². The molecular weight excluding hydrogens is 458 g/mol. The third-order valence-electron chi connectivity index (χ3n) is 3.79. The fourth-order valence-corrected chi connectivity index (χ4v) is 3.52. The highest BCUT2D eigenvalue weighted by Crippen LogP contribution is 2.37. The Labute approximate surface area is 162 Å². The topological polar surface area (TPSA) is 26.3 Å². The molecule has 0 aliphatic rings. The van der Waals surface area contributed by atoms with Gasteiger partial charge >= 0.3 is 5.97 Å². The van der Waals surface area contributed by atoms with Gasteiger partial charge in [0.25, 0.3) is 0 Å². The molecule has 2 rings (SSSR count). The standard InChI is InChI=1S/C19H18Br2F2O2/c1-3-6-14(22)17(21)12-7-4-5-8-15(12)25-19(24)16-13(20)10-9-11(2)18(16)23/h4-5,7-10,14,17H,3,6H2,1-2H3. The van der Waals surface area contributed by atoms with Gasteiger partial charge in [0.1, 0.15) is 23.3 Å². The molecule has 0 aliphatic carbocycles. The van der Waals surface area contributed by atoms with E-state index in [-0.39, 0.29) is 11.3 Å². The number of benzene rings is 2. The summed E-state index contributed by atoms with van der Waals surface area (Å²) in [5, 5.41) is 0. The molecule has 0 spiro atoms. The highest BCUT2D eigenvalue weighted by atomic mass is 79.9. The molecule has 2 aromatic rings. The van der Waals surface area contributed by atoms with Crippen molar-refractivity contribution in [1.29, 1.82) is 0 Å². The van der Waals surface area contributed by atoms with Crippen molar-refractivity contribution in [2.24, 2.45) is 0 Å². The minimum atomic E-state index is -1.12. The van der Waals surface area contributed by atoms with Crippen LogP contribution in [0.15, 0.2) is 40.9 Å². The van der Waals surface area contributed by atoms with Crippen LogP contribution in [0.5, 0.6) is 5.75 Å². The molecule has 0 aliphatic heterocycles. The molecule has 6 heteroatoms. The molecule has 0 aromatic heterocycles. The average Bonchev–Trinajstić information content (AvgIpc) is 2.58. The van der Waals surface area contributed by atoms with Crippen LogP contribution in [0.4, 0.5) is 8.78 Å². The molecule has 2 atom stereocenters. The van der Waals surface area contributed by atoms with Crippen LogP contribution in [0.1, 0.15) is 46.1 Å². The number of ether oxygens (including phenoxy) is 1. The van der Waals surface area contributed by atoms with Gasteiger partial charge in [0, 0.05) is 10.0 Å². The van der Waals surface area contributed by atoms with Crippen LogP contribution >= 0.6 is 31.9 Å². The summed E-state index contributed by atoms with van der Waals surface area (Å²) in [7, 11) is 0. The van der Waals surface area contributed by atoms with Gasteiger partial charge in [-0.05, 0) is 47.0 Å². The second-order valence-corrected chi connectivity index (χ2v) is 7.53. The lowest BCUT2D eigenvalue weighted by atomic mass is 10.0. The van der Waals surface area contributed by atoms with E-state index in [9.17, 15) is 13.6 Å². The van der Waals surface area contributed by atoms with Gasteiger partial charge in [-0.3, -0.25) is 0 Å². The molecule has 25 heavy (non-hydrogen) atoms. The van der Waals surface area contributed by atoms with Crippen molar-refractivity contribution in [3.63, 3.8) is 0 Å². The van der Waals surface area contributed by atoms with Crippen LogP contribution in [0.2, 0.25) is 0 Å². The number of carbonyl (C=O) groups excluding carboxylic acids is 1. The summed E-state index contributed by atoms with van der Waals surface area (Å²) in [6.45, 7) is 3.47. The predicted octanol–water partition coefficient (Wildman–Crippen LogP) is 6.69. The number of carbonyl (C=O) groups is 1. The summed E-state index contributed by atoms with van der Waals surface area (Å²) in [6, 6.07) is 9.83. The predicted molar refractivity (Wildman–Crippen MR) is 102 cm³/mol. The number of rotatable bonds is 6. The van der Waals surface area contributed by atoms with Gasteiger partial charge < -0.3 is 4.74 Å². The molecule has 0 saturated carbocycles. The summed E-state index contributed by atoms with van der Waals surface area (Å²) >= 11 is 6.52. The minimum absolute atomic E-state index is 0.175. The van der Waals surface area contributed by atoms with Crippen LogP contribution in [0.25, 0.3) is 0 Å². The zero-order valence-corrected chi connectivity index (χ0v) is 17.0. The molecule has 2 nitrogen and oxygen atoms in total. The van der Waals surface area contributed by atoms with Crippen LogP contribution in [0.3, 0.4) is 0 Å². The van der Waals surface area contributed by atoms with Gasteiger partial charge in [0.15, 0.2) is 0 Å². The third-order valence-corrected chi connectivity index (χ3v) is 5.52. The number of alkyl halides is 2. The summed E-state index contributed by atoms with van der Waals surface area (Å²) in [4.78, 5) is 11.9. The summed E-state index contributed by atoms with van der Waals surface area (Å²) in [5.74, 6) is -1.26. The molecule has 2 unspecified atom stereocenters. The van der Waals surface area contributed by atoms with E-state index >= 15 is 0 Å². The zero-order chi connectivity index (χ0) is 18.6. The second kappa shape index (κ2) is 8.90. The lowest BCUT2D eigenvalue weighted by molar-refractivity contribution is 0.0726. The smallest absolute Gasteiger partial charge is 0.347 e. The van der Waals surface area contributed by atoms with Gasteiger partial charge in [-0.1, -0.05) is 53.5 Å². The van der Waals surface area contributed by atoms with Gasteiger partial charge in [0.2, 0.25) is 0 Å². The van der Waals surface area contributed by atoms with Crippen LogP contribution in [-0.2, 0) is 0 Å². The lowest BCUT2D eigenvalue weighted by Gasteiger charge is -2.18. The van der Waals surface area contributed by atoms with Crippen molar-refractivity contribution in [3.8, 4) is 5.75 Å². The minimum Gasteiger partial charge on any atom is -0.422 e. The molecule has 0 saturated heterocycles. The number of esters is 1. The molecule has 0 heterocycles. The average molecular weight is 476 g/mol. The molecular formula is C19H18Br2F2O2. The number of para-hydroxylation sites is 1. The summed E-state index contributed by atoms with van der Waals surface area (Å²) in [6.07, 6.45) is -0.0320. The Hall–Kier alpha value is -1.27. The Morgan fingerprint density at radius 2 is 1.92 bits per heavy atom. The molecule has 0 fully saturated rings. The number of aryl methyl sites for hydroxylation is 1. The summed E-state index contributed by atoms with van der Waals surface area (Å²) < 4.78 is 34.3. The first-order chi connectivity index (χ1) is 11.9. The maximum absolute atomic E-state index is 14.3. The highest BCUT2D eigenvalue weighted by Gasteiger charge is 2.25. The molecule has 134 valence electrons. The highest BCUT2D eigenvalue weighted by molar-refractivity contribution is 9.10. The molecule has 0 bridgehead atoms. The Kier molecular flexibility index (Phi) is 7.14. The fraction of sp³-hybridized carbons (Fsp3) is 0.316. The Morgan fingerprint density at radius 1 is 1.24 bits per heavy atom. The van der Waals surface area contributed by atoms with E-state index in [0.717, 1.165) is 0 Å². The van der Waals surface area contributed by atoms with E-state index in [4.69, 9.17) is 4.74 Å². The Balaban J connectivity index is 2.33. The fourth-order valence-electron chi connectivity index (χ4n) is 2.41. The van der Waals surface area contributed by atoms with E-state index < -0.39 is 22.8 Å². The van der Waals surface area contributed by atoms with E-state index in [1.54, 1.807) is 43.3 Å². The van der Waals surface area contributed by atoms with Gasteiger partial charge in [0.05, 0.1) is 4.83 Å². The number of halogens is 4. The molecule has 0 N–H and O–H groups in total. The normalized spacial score (nSPS) is 13.4. The summed E-state index contributed by atoms with van der Waals surface area (Å²) in [5.41, 5.74) is 0.681. The largest absolute Gasteiger partial charge is 0.422 e. The van der Waals surface area contributed by atoms with Crippen molar-refractivity contribution in [2.75, 3.05) is 0 Å². The van der Waals surface area contributed by atoms with E-state index in [0.29, 0.717) is 28.4 Å². The van der Waals surface area contributed by atoms with Crippen LogP contribution in [0, 0.1) is 12.7 Å². The van der Waals surface area contributed by atoms with Gasteiger partial charge in [-0.2, -0.15) is 0 Å². The zero-order valence-electron chi connectivity index (χ0n) is 13.9. The van der Waals surface area contributed by atoms with Gasteiger partial charge in [-0.15, -0.1) is 0 Å². The molecule has 0 radical (unpaired) electrons. The molecule has 2 aromatic carbocycles. The van der Waals surface area contributed by atoms with Gasteiger partial charge in [-0.25, -0.2) is 13.6 Å². The maximum atomic E-state index is 14.3. The van der Waals surface area contributed by atoms with Crippen molar-refractivity contribution in [2.45, 2.75) is 37.7 Å². The quantitative estimate of drug-likeness (QED) is 0.264. The van der Waals surface area contributed by atoms with Crippen LogP contribution in [-0.4, -0.2) is 12.1 Å². The second-order valence-electron chi connectivity index (χ2n) is 5.69. The first kappa shape index (κ1) is 20.0. The Morgan fingerprint density at radius 3 is 2.60 bits per heavy atom. The lowest BCUT2D eigenvalue weighted by Crippen LogP contribution is -2.15. The Bertz CT molecular complexity index is 765. The SMILES string of the molecule is CCCC(F)C(Br)c1ccccc1OC(=O)c1c(Br)ccc(C)c1F. The van der Waals surface area contributed by atoms with Crippen molar-refractivity contribution in [1.82, 2.24) is 0 Å². The first-order valence-electron chi connectivity index (χ1n) is 7.90. The third kappa shape index (κ3) is 4.67. The van der Waals surface area contributed by atoms with Crippen molar-refractivity contribution in [3.05, 3.63) is 63.4 Å². The van der Waals surface area contributed by atoms with Crippen LogP contribution < -0.4 is 4.74 Å². The van der Waals surface area contributed by atoms with Crippen molar-refractivity contribution >= 4 is 37.8 Å². The van der Waals surface area contributed by atoms with Crippen molar-refractivity contribution < 1.29 is 18.3 Å². The monoisotopic (exact) mass is 474 g/mol.